The Morgan fingerprint density at radius 1 is 1.29 bits per heavy atom. The lowest BCUT2D eigenvalue weighted by Crippen LogP contribution is -2.15. The number of para-hydroxylation sites is 1. The number of nitrogens with zero attached hydrogens (tertiary/aromatic N) is 2. The SMILES string of the molecule is Cc1nn(-c2ccccc2)c(C)c1NC(=O)Cc1sc(=S)[nH]c1C. The normalized spacial score (nSPS) is 10.8. The molecule has 0 unspecified atom stereocenters. The lowest BCUT2D eigenvalue weighted by molar-refractivity contribution is -0.115. The van der Waals surface area contributed by atoms with Crippen LogP contribution in [0.3, 0.4) is 0 Å². The molecule has 0 atom stereocenters. The third-order valence-electron chi connectivity index (χ3n) is 3.80. The number of nitrogens with one attached hydrogen (secondary N) is 2. The molecule has 5 nitrogen and oxygen atoms in total. The fourth-order valence-corrected chi connectivity index (χ4v) is 3.87. The standard InChI is InChI=1S/C17H18N4OS2/c1-10-14(24-17(23)18-10)9-15(22)19-16-11(2)20-21(12(16)3)13-7-5-4-6-8-13/h4-8H,9H2,1-3H3,(H,18,23)(H,19,22). The van der Waals surface area contributed by atoms with Crippen LogP contribution in [0.25, 0.3) is 5.69 Å². The third-order valence-corrected chi connectivity index (χ3v) is 5.14. The largest absolute Gasteiger partial charge is 0.341 e. The summed E-state index contributed by atoms with van der Waals surface area (Å²) in [4.78, 5) is 16.4. The van der Waals surface area contributed by atoms with Gasteiger partial charge in [-0.25, -0.2) is 4.68 Å². The Labute approximate surface area is 149 Å². The first-order valence-electron chi connectivity index (χ1n) is 7.56. The fraction of sp³-hybridized carbons (Fsp3) is 0.235. The molecule has 2 heterocycles. The Bertz CT molecular complexity index is 937. The van der Waals surface area contributed by atoms with Crippen molar-refractivity contribution in [2.75, 3.05) is 5.32 Å². The maximum atomic E-state index is 12.4. The second-order valence-electron chi connectivity index (χ2n) is 5.58. The molecule has 1 aromatic carbocycles. The number of aromatic nitrogens is 3. The molecule has 0 saturated heterocycles. The van der Waals surface area contributed by atoms with Crippen molar-refractivity contribution < 1.29 is 4.79 Å². The highest BCUT2D eigenvalue weighted by Crippen LogP contribution is 2.23. The molecule has 24 heavy (non-hydrogen) atoms. The van der Waals surface area contributed by atoms with Gasteiger partial charge < -0.3 is 10.3 Å². The molecule has 0 aliphatic heterocycles. The van der Waals surface area contributed by atoms with Crippen LogP contribution in [0.15, 0.2) is 30.3 Å². The van der Waals surface area contributed by atoms with E-state index in [1.165, 1.54) is 11.3 Å². The Morgan fingerprint density at radius 2 is 2.00 bits per heavy atom. The van der Waals surface area contributed by atoms with Crippen LogP contribution >= 0.6 is 23.6 Å². The molecule has 0 aliphatic carbocycles. The minimum atomic E-state index is -0.0674. The highest BCUT2D eigenvalue weighted by Gasteiger charge is 2.16. The molecule has 0 spiro atoms. The number of carbonyl (C=O) groups excluding carboxylic acids is 1. The number of benzene rings is 1. The van der Waals surface area contributed by atoms with E-state index in [0.717, 1.165) is 33.3 Å². The molecule has 3 rings (SSSR count). The number of amides is 1. The van der Waals surface area contributed by atoms with Gasteiger partial charge in [-0.15, -0.1) is 11.3 Å². The van der Waals surface area contributed by atoms with E-state index in [0.29, 0.717) is 10.4 Å². The highest BCUT2D eigenvalue weighted by atomic mass is 32.1. The topological polar surface area (TPSA) is 62.7 Å². The van der Waals surface area contributed by atoms with Gasteiger partial charge >= 0.3 is 0 Å². The van der Waals surface area contributed by atoms with Crippen LogP contribution in [-0.2, 0) is 11.2 Å². The lowest BCUT2D eigenvalue weighted by Gasteiger charge is -2.07. The molecule has 0 radical (unpaired) electrons. The summed E-state index contributed by atoms with van der Waals surface area (Å²) in [6.45, 7) is 5.78. The average Bonchev–Trinajstić information content (AvgIpc) is 3.01. The van der Waals surface area contributed by atoms with Gasteiger partial charge in [-0.3, -0.25) is 4.79 Å². The first-order valence-corrected chi connectivity index (χ1v) is 8.78. The Balaban J connectivity index is 1.83. The van der Waals surface area contributed by atoms with E-state index in [4.69, 9.17) is 12.2 Å². The lowest BCUT2D eigenvalue weighted by atomic mass is 10.2. The number of hydrogen-bond donors (Lipinski definition) is 2. The van der Waals surface area contributed by atoms with Crippen molar-refractivity contribution in [3.05, 3.63) is 56.2 Å². The van der Waals surface area contributed by atoms with E-state index in [9.17, 15) is 4.79 Å². The molecule has 7 heteroatoms. The van der Waals surface area contributed by atoms with Crippen LogP contribution in [0.4, 0.5) is 5.69 Å². The van der Waals surface area contributed by atoms with Gasteiger partial charge in [0.1, 0.15) is 0 Å². The van der Waals surface area contributed by atoms with E-state index < -0.39 is 0 Å². The quantitative estimate of drug-likeness (QED) is 0.690. The summed E-state index contributed by atoms with van der Waals surface area (Å²) in [5.74, 6) is -0.0674. The number of hydrogen-bond acceptors (Lipinski definition) is 4. The van der Waals surface area contributed by atoms with Crippen molar-refractivity contribution in [2.24, 2.45) is 0 Å². The number of aryl methyl sites for hydroxylation is 2. The smallest absolute Gasteiger partial charge is 0.229 e. The molecule has 0 aliphatic rings. The predicted octanol–water partition coefficient (Wildman–Crippen LogP) is 4.10. The van der Waals surface area contributed by atoms with Crippen LogP contribution < -0.4 is 5.32 Å². The average molecular weight is 358 g/mol. The van der Waals surface area contributed by atoms with Crippen LogP contribution in [0.2, 0.25) is 0 Å². The van der Waals surface area contributed by atoms with Gasteiger partial charge in [-0.05, 0) is 45.1 Å². The van der Waals surface area contributed by atoms with E-state index in [2.05, 4.69) is 15.4 Å². The molecular formula is C17H18N4OS2. The van der Waals surface area contributed by atoms with Gasteiger partial charge in [0.05, 0.1) is 29.2 Å². The number of H-pyrrole nitrogens is 1. The summed E-state index contributed by atoms with van der Waals surface area (Å²) < 4.78 is 2.54. The Morgan fingerprint density at radius 3 is 2.62 bits per heavy atom. The van der Waals surface area contributed by atoms with Gasteiger partial charge in [-0.2, -0.15) is 5.10 Å². The van der Waals surface area contributed by atoms with Gasteiger partial charge in [-0.1, -0.05) is 18.2 Å². The Hall–Kier alpha value is -2.25. The zero-order valence-electron chi connectivity index (χ0n) is 13.7. The summed E-state index contributed by atoms with van der Waals surface area (Å²) >= 11 is 6.56. The molecule has 3 aromatic rings. The third kappa shape index (κ3) is 3.32. The van der Waals surface area contributed by atoms with Crippen LogP contribution in [-0.4, -0.2) is 20.7 Å². The summed E-state index contributed by atoms with van der Waals surface area (Å²) in [5, 5.41) is 7.53. The minimum absolute atomic E-state index is 0.0674. The first-order chi connectivity index (χ1) is 11.5. The Kier molecular flexibility index (Phi) is 4.64. The summed E-state index contributed by atoms with van der Waals surface area (Å²) in [7, 11) is 0. The molecule has 2 aromatic heterocycles. The van der Waals surface area contributed by atoms with E-state index in [-0.39, 0.29) is 5.91 Å². The molecule has 124 valence electrons. The van der Waals surface area contributed by atoms with Gasteiger partial charge in [0, 0.05) is 10.6 Å². The molecule has 0 saturated carbocycles. The number of aromatic amines is 1. The molecule has 0 bridgehead atoms. The van der Waals surface area contributed by atoms with Crippen LogP contribution in [0.1, 0.15) is 22.0 Å². The maximum Gasteiger partial charge on any atom is 0.229 e. The maximum absolute atomic E-state index is 12.4. The molecular weight excluding hydrogens is 340 g/mol. The van der Waals surface area contributed by atoms with Gasteiger partial charge in [0.25, 0.3) is 0 Å². The van der Waals surface area contributed by atoms with E-state index >= 15 is 0 Å². The van der Waals surface area contributed by atoms with Crippen molar-refractivity contribution in [3.8, 4) is 5.69 Å². The molecule has 0 fully saturated rings. The number of carbonyl (C=O) groups is 1. The van der Waals surface area contributed by atoms with E-state index in [1.807, 2.05) is 55.8 Å². The number of anilines is 1. The van der Waals surface area contributed by atoms with Crippen molar-refractivity contribution in [2.45, 2.75) is 27.2 Å². The zero-order valence-corrected chi connectivity index (χ0v) is 15.3. The van der Waals surface area contributed by atoms with Crippen LogP contribution in [0, 0.1) is 24.7 Å². The summed E-state index contributed by atoms with van der Waals surface area (Å²) in [6, 6.07) is 9.87. The van der Waals surface area contributed by atoms with Gasteiger partial charge in [0.2, 0.25) is 5.91 Å². The number of rotatable bonds is 4. The second kappa shape index (κ2) is 6.70. The summed E-state index contributed by atoms with van der Waals surface area (Å²) in [6.07, 6.45) is 0.305. The summed E-state index contributed by atoms with van der Waals surface area (Å²) in [5.41, 5.74) is 4.39. The van der Waals surface area contributed by atoms with Crippen molar-refractivity contribution in [3.63, 3.8) is 0 Å². The number of thiazole rings is 1. The van der Waals surface area contributed by atoms with E-state index in [1.54, 1.807) is 0 Å². The minimum Gasteiger partial charge on any atom is -0.341 e. The zero-order chi connectivity index (χ0) is 17.3. The fourth-order valence-electron chi connectivity index (χ4n) is 2.58. The molecule has 2 N–H and O–H groups in total. The van der Waals surface area contributed by atoms with Crippen molar-refractivity contribution in [1.29, 1.82) is 0 Å². The van der Waals surface area contributed by atoms with Crippen molar-refractivity contribution >= 4 is 35.1 Å². The second-order valence-corrected chi connectivity index (χ2v) is 7.35. The van der Waals surface area contributed by atoms with Crippen LogP contribution in [0.5, 0.6) is 0 Å². The predicted molar refractivity (Wildman–Crippen MR) is 99.6 cm³/mol. The first kappa shape index (κ1) is 16.6. The molecule has 1 amide bonds. The van der Waals surface area contributed by atoms with Gasteiger partial charge in [0.15, 0.2) is 3.95 Å². The highest BCUT2D eigenvalue weighted by molar-refractivity contribution is 7.73. The van der Waals surface area contributed by atoms with Crippen molar-refractivity contribution in [1.82, 2.24) is 14.8 Å². The monoisotopic (exact) mass is 358 g/mol.